The van der Waals surface area contributed by atoms with Gasteiger partial charge in [-0.2, -0.15) is 13.2 Å². The Bertz CT molecular complexity index is 638. The van der Waals surface area contributed by atoms with E-state index in [-0.39, 0.29) is 11.8 Å². The zero-order valence-corrected chi connectivity index (χ0v) is 10.4. The largest absolute Gasteiger partial charge is 0.481 e. The molecule has 0 fully saturated rings. The molecule has 106 valence electrons. The third-order valence-electron chi connectivity index (χ3n) is 2.98. The standard InChI is InChI=1S/C14H12F3NO2/c15-14(16,17)12-8-18-7-10-6-9(4-5-11(10)12)2-1-3-13(19)20/h4-8H,1-3H2,(H,19,20). The number of pyridine rings is 1. The van der Waals surface area contributed by atoms with Gasteiger partial charge in [0.1, 0.15) is 0 Å². The minimum atomic E-state index is -4.43. The number of hydrogen-bond acceptors (Lipinski definition) is 2. The normalized spacial score (nSPS) is 11.8. The van der Waals surface area contributed by atoms with Gasteiger partial charge in [0.2, 0.25) is 0 Å². The number of fused-ring (bicyclic) bond motifs is 1. The van der Waals surface area contributed by atoms with Gasteiger partial charge in [0, 0.05) is 24.2 Å². The van der Waals surface area contributed by atoms with Gasteiger partial charge in [-0.25, -0.2) is 0 Å². The summed E-state index contributed by atoms with van der Waals surface area (Å²) in [5.41, 5.74) is 0.0481. The molecule has 0 aliphatic carbocycles. The number of rotatable bonds is 4. The van der Waals surface area contributed by atoms with Gasteiger partial charge >= 0.3 is 12.1 Å². The summed E-state index contributed by atoms with van der Waals surface area (Å²) in [5.74, 6) is -0.883. The second kappa shape index (κ2) is 5.48. The summed E-state index contributed by atoms with van der Waals surface area (Å²) in [6.45, 7) is 0. The van der Waals surface area contributed by atoms with Crippen molar-refractivity contribution < 1.29 is 23.1 Å². The summed E-state index contributed by atoms with van der Waals surface area (Å²) in [4.78, 5) is 14.0. The molecule has 0 spiro atoms. The van der Waals surface area contributed by atoms with Crippen LogP contribution in [0.2, 0.25) is 0 Å². The number of carboxylic acid groups (broad SMARTS) is 1. The SMILES string of the molecule is O=C(O)CCCc1ccc2c(C(F)(F)F)cncc2c1. The molecule has 2 rings (SSSR count). The highest BCUT2D eigenvalue weighted by Gasteiger charge is 2.32. The Balaban J connectivity index is 2.29. The fourth-order valence-electron chi connectivity index (χ4n) is 2.05. The predicted octanol–water partition coefficient (Wildman–Crippen LogP) is 3.66. The zero-order valence-electron chi connectivity index (χ0n) is 10.4. The minimum absolute atomic E-state index is 0.0406. The molecule has 2 aromatic rings. The number of halogens is 3. The summed E-state index contributed by atoms with van der Waals surface area (Å²) in [6.07, 6.45) is -1.24. The van der Waals surface area contributed by atoms with Crippen LogP contribution in [0.25, 0.3) is 10.8 Å². The van der Waals surface area contributed by atoms with Crippen molar-refractivity contribution in [2.24, 2.45) is 0 Å². The Hall–Kier alpha value is -2.11. The van der Waals surface area contributed by atoms with E-state index in [2.05, 4.69) is 4.98 Å². The number of aliphatic carboxylic acids is 1. The maximum atomic E-state index is 12.8. The molecule has 0 radical (unpaired) electrons. The molecule has 1 heterocycles. The van der Waals surface area contributed by atoms with E-state index in [1.54, 1.807) is 12.1 Å². The van der Waals surface area contributed by atoms with Crippen molar-refractivity contribution in [3.8, 4) is 0 Å². The van der Waals surface area contributed by atoms with E-state index in [0.717, 1.165) is 11.8 Å². The number of hydrogen-bond donors (Lipinski definition) is 1. The third kappa shape index (κ3) is 3.26. The van der Waals surface area contributed by atoms with E-state index in [4.69, 9.17) is 5.11 Å². The molecule has 3 nitrogen and oxygen atoms in total. The molecular weight excluding hydrogens is 271 g/mol. The van der Waals surface area contributed by atoms with Crippen molar-refractivity contribution in [2.45, 2.75) is 25.4 Å². The lowest BCUT2D eigenvalue weighted by molar-refractivity contribution is -0.137. The van der Waals surface area contributed by atoms with Crippen molar-refractivity contribution in [3.05, 3.63) is 41.7 Å². The first kappa shape index (κ1) is 14.3. The third-order valence-corrected chi connectivity index (χ3v) is 2.98. The van der Waals surface area contributed by atoms with Crippen molar-refractivity contribution in [3.63, 3.8) is 0 Å². The number of alkyl halides is 3. The summed E-state index contributed by atoms with van der Waals surface area (Å²) >= 11 is 0. The van der Waals surface area contributed by atoms with Crippen LogP contribution in [-0.2, 0) is 17.4 Å². The zero-order chi connectivity index (χ0) is 14.8. The number of carbonyl (C=O) groups is 1. The van der Waals surface area contributed by atoms with Crippen molar-refractivity contribution in [1.82, 2.24) is 4.98 Å². The summed E-state index contributed by atoms with van der Waals surface area (Å²) < 4.78 is 38.4. The summed E-state index contributed by atoms with van der Waals surface area (Å²) in [5, 5.41) is 9.07. The molecule has 0 aliphatic rings. The first-order chi connectivity index (χ1) is 9.38. The quantitative estimate of drug-likeness (QED) is 0.931. The molecule has 0 unspecified atom stereocenters. The van der Waals surface area contributed by atoms with Gasteiger partial charge < -0.3 is 5.11 Å². The summed E-state index contributed by atoms with van der Waals surface area (Å²) in [6, 6.07) is 4.63. The molecule has 1 N–H and O–H groups in total. The van der Waals surface area contributed by atoms with Gasteiger partial charge in [-0.05, 0) is 29.9 Å². The minimum Gasteiger partial charge on any atom is -0.481 e. The number of aryl methyl sites for hydroxylation is 1. The van der Waals surface area contributed by atoms with Gasteiger partial charge in [-0.15, -0.1) is 0 Å². The molecule has 0 aliphatic heterocycles. The smallest absolute Gasteiger partial charge is 0.418 e. The van der Waals surface area contributed by atoms with Crippen LogP contribution in [0.3, 0.4) is 0 Å². The maximum Gasteiger partial charge on any atom is 0.418 e. The van der Waals surface area contributed by atoms with Crippen LogP contribution >= 0.6 is 0 Å². The molecule has 0 saturated carbocycles. The van der Waals surface area contributed by atoms with Crippen LogP contribution in [-0.4, -0.2) is 16.1 Å². The van der Waals surface area contributed by atoms with Crippen LogP contribution in [0.15, 0.2) is 30.6 Å². The van der Waals surface area contributed by atoms with Gasteiger partial charge in [-0.3, -0.25) is 9.78 Å². The van der Waals surface area contributed by atoms with Gasteiger partial charge in [-0.1, -0.05) is 12.1 Å². The monoisotopic (exact) mass is 283 g/mol. The second-order valence-corrected chi connectivity index (χ2v) is 4.49. The maximum absolute atomic E-state index is 12.8. The van der Waals surface area contributed by atoms with Crippen molar-refractivity contribution in [2.75, 3.05) is 0 Å². The molecule has 1 aromatic carbocycles. The van der Waals surface area contributed by atoms with Crippen molar-refractivity contribution in [1.29, 1.82) is 0 Å². The molecule has 20 heavy (non-hydrogen) atoms. The molecule has 1 aromatic heterocycles. The van der Waals surface area contributed by atoms with Gasteiger partial charge in [0.05, 0.1) is 5.56 Å². The Kier molecular flexibility index (Phi) is 3.92. The lowest BCUT2D eigenvalue weighted by Crippen LogP contribution is -2.06. The van der Waals surface area contributed by atoms with E-state index in [1.165, 1.54) is 12.3 Å². The topological polar surface area (TPSA) is 50.2 Å². The van der Waals surface area contributed by atoms with Crippen LogP contribution in [0.5, 0.6) is 0 Å². The summed E-state index contributed by atoms with van der Waals surface area (Å²) in [7, 11) is 0. The average Bonchev–Trinajstić information content (AvgIpc) is 2.36. The predicted molar refractivity (Wildman–Crippen MR) is 67.3 cm³/mol. The fraction of sp³-hybridized carbons (Fsp3) is 0.286. The highest BCUT2D eigenvalue weighted by atomic mass is 19.4. The second-order valence-electron chi connectivity index (χ2n) is 4.49. The number of benzene rings is 1. The Morgan fingerprint density at radius 1 is 1.25 bits per heavy atom. The van der Waals surface area contributed by atoms with Crippen LogP contribution in [0.4, 0.5) is 13.2 Å². The van der Waals surface area contributed by atoms with E-state index >= 15 is 0 Å². The molecule has 0 bridgehead atoms. The Morgan fingerprint density at radius 2 is 2.00 bits per heavy atom. The highest BCUT2D eigenvalue weighted by Crippen LogP contribution is 2.34. The number of aromatic nitrogens is 1. The van der Waals surface area contributed by atoms with Crippen molar-refractivity contribution >= 4 is 16.7 Å². The first-order valence-corrected chi connectivity index (χ1v) is 6.03. The lowest BCUT2D eigenvalue weighted by Gasteiger charge is -2.10. The molecular formula is C14H12F3NO2. The van der Waals surface area contributed by atoms with Crippen LogP contribution in [0, 0.1) is 0 Å². The van der Waals surface area contributed by atoms with E-state index in [9.17, 15) is 18.0 Å². The number of carboxylic acids is 1. The van der Waals surface area contributed by atoms with Crippen LogP contribution < -0.4 is 0 Å². The molecule has 6 heteroatoms. The fourth-order valence-corrected chi connectivity index (χ4v) is 2.05. The van der Waals surface area contributed by atoms with Gasteiger partial charge in [0.25, 0.3) is 0 Å². The lowest BCUT2D eigenvalue weighted by atomic mass is 10.0. The van der Waals surface area contributed by atoms with E-state index in [0.29, 0.717) is 18.2 Å². The number of nitrogens with zero attached hydrogens (tertiary/aromatic N) is 1. The molecule has 0 amide bonds. The molecule has 0 saturated heterocycles. The van der Waals surface area contributed by atoms with E-state index in [1.807, 2.05) is 0 Å². The average molecular weight is 283 g/mol. The van der Waals surface area contributed by atoms with E-state index < -0.39 is 17.7 Å². The van der Waals surface area contributed by atoms with Gasteiger partial charge in [0.15, 0.2) is 0 Å². The Labute approximate surface area is 113 Å². The highest BCUT2D eigenvalue weighted by molar-refractivity contribution is 5.85. The molecule has 0 atom stereocenters. The Morgan fingerprint density at radius 3 is 2.65 bits per heavy atom. The van der Waals surface area contributed by atoms with Crippen LogP contribution in [0.1, 0.15) is 24.0 Å². The first-order valence-electron chi connectivity index (χ1n) is 6.03.